The highest BCUT2D eigenvalue weighted by Crippen LogP contribution is 2.45. The third-order valence-electron chi connectivity index (χ3n) is 5.96. The van der Waals surface area contributed by atoms with Crippen molar-refractivity contribution in [2.75, 3.05) is 13.2 Å². The van der Waals surface area contributed by atoms with E-state index in [1.165, 1.54) is 18.4 Å². The summed E-state index contributed by atoms with van der Waals surface area (Å²) in [6.45, 7) is 13.4. The first kappa shape index (κ1) is 21.9. The Morgan fingerprint density at radius 3 is 2.48 bits per heavy atom. The first-order valence-corrected chi connectivity index (χ1v) is 10.7. The maximum atomic E-state index is 12.6. The summed E-state index contributed by atoms with van der Waals surface area (Å²) in [5.74, 6) is 0.967. The molecule has 1 amide bonds. The SMILES string of the molecule is CCC(=O)N(CC[C@]1(CCC(C)C)CCOC(C)(C)C1)Cc1ccccc1. The Labute approximate surface area is 166 Å². The van der Waals surface area contributed by atoms with Gasteiger partial charge in [-0.25, -0.2) is 0 Å². The number of hydrogen-bond acceptors (Lipinski definition) is 2. The van der Waals surface area contributed by atoms with Crippen molar-refractivity contribution < 1.29 is 9.53 Å². The minimum absolute atomic E-state index is 0.0613. The van der Waals surface area contributed by atoms with E-state index in [9.17, 15) is 4.79 Å². The number of nitrogens with zero attached hydrogens (tertiary/aromatic N) is 1. The molecular weight excluding hydrogens is 334 g/mol. The molecule has 152 valence electrons. The number of hydrogen-bond donors (Lipinski definition) is 0. The first-order chi connectivity index (χ1) is 12.8. The van der Waals surface area contributed by atoms with Gasteiger partial charge in [0.2, 0.25) is 5.91 Å². The highest BCUT2D eigenvalue weighted by molar-refractivity contribution is 5.75. The molecule has 27 heavy (non-hydrogen) atoms. The summed E-state index contributed by atoms with van der Waals surface area (Å²) < 4.78 is 6.02. The minimum Gasteiger partial charge on any atom is -0.376 e. The van der Waals surface area contributed by atoms with Crippen LogP contribution in [0.2, 0.25) is 0 Å². The van der Waals surface area contributed by atoms with E-state index in [-0.39, 0.29) is 16.9 Å². The van der Waals surface area contributed by atoms with Gasteiger partial charge in [-0.1, -0.05) is 57.5 Å². The van der Waals surface area contributed by atoms with E-state index in [0.29, 0.717) is 18.9 Å². The van der Waals surface area contributed by atoms with Crippen molar-refractivity contribution >= 4 is 5.91 Å². The molecule has 1 aliphatic rings. The Morgan fingerprint density at radius 2 is 1.89 bits per heavy atom. The maximum Gasteiger partial charge on any atom is 0.222 e. The van der Waals surface area contributed by atoms with Crippen molar-refractivity contribution in [3.05, 3.63) is 35.9 Å². The molecule has 1 fully saturated rings. The topological polar surface area (TPSA) is 29.5 Å². The van der Waals surface area contributed by atoms with Crippen LogP contribution >= 0.6 is 0 Å². The third kappa shape index (κ3) is 6.95. The molecule has 2 rings (SSSR count). The molecule has 1 saturated heterocycles. The van der Waals surface area contributed by atoms with Crippen LogP contribution in [0.15, 0.2) is 30.3 Å². The van der Waals surface area contributed by atoms with Crippen molar-refractivity contribution in [2.45, 2.75) is 85.3 Å². The van der Waals surface area contributed by atoms with Gasteiger partial charge in [0.1, 0.15) is 0 Å². The average molecular weight is 374 g/mol. The Bertz CT molecular complexity index is 581. The van der Waals surface area contributed by atoms with Crippen molar-refractivity contribution in [2.24, 2.45) is 11.3 Å². The number of ether oxygens (including phenoxy) is 1. The van der Waals surface area contributed by atoms with Crippen molar-refractivity contribution in [1.82, 2.24) is 4.90 Å². The predicted molar refractivity (Wildman–Crippen MR) is 113 cm³/mol. The molecule has 1 aromatic rings. The lowest BCUT2D eigenvalue weighted by atomic mass is 9.68. The Balaban J connectivity index is 2.10. The standard InChI is InChI=1S/C24H39NO2/c1-6-22(26)25(18-21-10-8-7-9-11-21)16-14-24(13-12-20(2)3)15-17-27-23(4,5)19-24/h7-11,20H,6,12-19H2,1-5H3/t24-/m1/s1. The second-order valence-corrected chi connectivity index (χ2v) is 9.37. The molecule has 0 spiro atoms. The molecule has 0 aliphatic carbocycles. The van der Waals surface area contributed by atoms with Crippen LogP contribution in [0.4, 0.5) is 0 Å². The van der Waals surface area contributed by atoms with Crippen LogP contribution in [0.25, 0.3) is 0 Å². The summed E-state index contributed by atoms with van der Waals surface area (Å²) in [7, 11) is 0. The van der Waals surface area contributed by atoms with E-state index in [2.05, 4.69) is 56.9 Å². The van der Waals surface area contributed by atoms with Crippen LogP contribution in [-0.4, -0.2) is 29.6 Å². The third-order valence-corrected chi connectivity index (χ3v) is 5.96. The normalized spacial score (nSPS) is 22.0. The van der Waals surface area contributed by atoms with Crippen molar-refractivity contribution in [3.8, 4) is 0 Å². The van der Waals surface area contributed by atoms with E-state index >= 15 is 0 Å². The molecule has 0 unspecified atom stereocenters. The molecule has 3 heteroatoms. The molecule has 1 heterocycles. The van der Waals surface area contributed by atoms with E-state index < -0.39 is 0 Å². The number of carbonyl (C=O) groups is 1. The zero-order valence-electron chi connectivity index (χ0n) is 18.1. The fourth-order valence-corrected chi connectivity index (χ4v) is 4.42. The molecule has 1 aromatic carbocycles. The molecule has 1 aliphatic heterocycles. The smallest absolute Gasteiger partial charge is 0.222 e. The number of benzene rings is 1. The Kier molecular flexibility index (Phi) is 7.91. The summed E-state index contributed by atoms with van der Waals surface area (Å²) in [4.78, 5) is 14.7. The molecule has 1 atom stereocenters. The largest absolute Gasteiger partial charge is 0.376 e. The zero-order chi connectivity index (χ0) is 19.9. The van der Waals surface area contributed by atoms with Gasteiger partial charge in [0, 0.05) is 26.1 Å². The van der Waals surface area contributed by atoms with E-state index in [0.717, 1.165) is 32.4 Å². The average Bonchev–Trinajstić information content (AvgIpc) is 2.63. The molecule has 0 N–H and O–H groups in total. The van der Waals surface area contributed by atoms with Gasteiger partial charge in [0.25, 0.3) is 0 Å². The number of carbonyl (C=O) groups excluding carboxylic acids is 1. The van der Waals surface area contributed by atoms with E-state index in [1.54, 1.807) is 0 Å². The summed E-state index contributed by atoms with van der Waals surface area (Å²) in [5.41, 5.74) is 1.44. The van der Waals surface area contributed by atoms with Gasteiger partial charge in [-0.15, -0.1) is 0 Å². The summed E-state index contributed by atoms with van der Waals surface area (Å²) in [5, 5.41) is 0. The molecule has 3 nitrogen and oxygen atoms in total. The van der Waals surface area contributed by atoms with Crippen LogP contribution < -0.4 is 0 Å². The van der Waals surface area contributed by atoms with Crippen molar-refractivity contribution in [1.29, 1.82) is 0 Å². The van der Waals surface area contributed by atoms with Crippen LogP contribution in [0.3, 0.4) is 0 Å². The minimum atomic E-state index is -0.0613. The maximum absolute atomic E-state index is 12.6. The summed E-state index contributed by atoms with van der Waals surface area (Å²) in [6.07, 6.45) is 6.33. The summed E-state index contributed by atoms with van der Waals surface area (Å²) >= 11 is 0. The molecule has 0 aromatic heterocycles. The second kappa shape index (κ2) is 9.73. The quantitative estimate of drug-likeness (QED) is 0.545. The van der Waals surface area contributed by atoms with Gasteiger partial charge >= 0.3 is 0 Å². The lowest BCUT2D eigenvalue weighted by Gasteiger charge is -2.46. The van der Waals surface area contributed by atoms with E-state index in [1.807, 2.05) is 13.0 Å². The van der Waals surface area contributed by atoms with Gasteiger partial charge < -0.3 is 9.64 Å². The van der Waals surface area contributed by atoms with Crippen LogP contribution in [0.1, 0.15) is 78.7 Å². The second-order valence-electron chi connectivity index (χ2n) is 9.37. The van der Waals surface area contributed by atoms with Crippen molar-refractivity contribution in [3.63, 3.8) is 0 Å². The lowest BCUT2D eigenvalue weighted by Crippen LogP contribution is -2.43. The number of amides is 1. The highest BCUT2D eigenvalue weighted by Gasteiger charge is 2.40. The van der Waals surface area contributed by atoms with E-state index in [4.69, 9.17) is 4.74 Å². The first-order valence-electron chi connectivity index (χ1n) is 10.7. The molecule has 0 bridgehead atoms. The lowest BCUT2D eigenvalue weighted by molar-refractivity contribution is -0.133. The summed E-state index contributed by atoms with van der Waals surface area (Å²) in [6, 6.07) is 10.4. The van der Waals surface area contributed by atoms with Gasteiger partial charge in [-0.2, -0.15) is 0 Å². The zero-order valence-corrected chi connectivity index (χ0v) is 18.1. The van der Waals surface area contributed by atoms with Gasteiger partial charge in [0.15, 0.2) is 0 Å². The molecular formula is C24H39NO2. The molecule has 0 saturated carbocycles. The predicted octanol–water partition coefficient (Wildman–Crippen LogP) is 5.83. The van der Waals surface area contributed by atoms with Gasteiger partial charge in [0.05, 0.1) is 5.60 Å². The fraction of sp³-hybridized carbons (Fsp3) is 0.708. The Hall–Kier alpha value is -1.35. The van der Waals surface area contributed by atoms with Crippen LogP contribution in [-0.2, 0) is 16.1 Å². The highest BCUT2D eigenvalue weighted by atomic mass is 16.5. The number of rotatable bonds is 9. The Morgan fingerprint density at radius 1 is 1.19 bits per heavy atom. The fourth-order valence-electron chi connectivity index (χ4n) is 4.42. The van der Waals surface area contributed by atoms with Crippen LogP contribution in [0, 0.1) is 11.3 Å². The van der Waals surface area contributed by atoms with Gasteiger partial charge in [-0.3, -0.25) is 4.79 Å². The van der Waals surface area contributed by atoms with Crippen LogP contribution in [0.5, 0.6) is 0 Å². The van der Waals surface area contributed by atoms with Gasteiger partial charge in [-0.05, 0) is 56.4 Å². The monoisotopic (exact) mass is 373 g/mol. The molecule has 0 radical (unpaired) electrons.